The highest BCUT2D eigenvalue weighted by molar-refractivity contribution is 5.83. The van der Waals surface area contributed by atoms with Gasteiger partial charge in [0, 0.05) is 111 Å². The molecule has 8 rings (SSSR count). The quantitative estimate of drug-likeness (QED) is 0.196. The van der Waals surface area contributed by atoms with E-state index in [4.69, 9.17) is 9.97 Å². The van der Waals surface area contributed by atoms with Crippen LogP contribution in [0.2, 0.25) is 0 Å². The van der Waals surface area contributed by atoms with Crippen molar-refractivity contribution in [1.82, 2.24) is 34.1 Å². The Balaban J connectivity index is 0.963. The summed E-state index contributed by atoms with van der Waals surface area (Å²) in [6.45, 7) is 20.3. The van der Waals surface area contributed by atoms with Gasteiger partial charge in [-0.2, -0.15) is 5.10 Å². The minimum absolute atomic E-state index is 0.275. The summed E-state index contributed by atoms with van der Waals surface area (Å²) in [5.74, 6) is 0.476. The van der Waals surface area contributed by atoms with Gasteiger partial charge in [0.25, 0.3) is 0 Å². The Bertz CT molecular complexity index is 2170. The number of piperazine rings is 1. The van der Waals surface area contributed by atoms with Gasteiger partial charge in [-0.1, -0.05) is 32.6 Å². The lowest BCUT2D eigenvalue weighted by molar-refractivity contribution is 0.144. The number of fused-ring (bicyclic) bond motifs is 7. The fourth-order valence-electron chi connectivity index (χ4n) is 8.59. The van der Waals surface area contributed by atoms with Crippen molar-refractivity contribution in [2.24, 2.45) is 18.9 Å². The van der Waals surface area contributed by atoms with E-state index in [0.717, 1.165) is 141 Å². The molecule has 9 nitrogen and oxygen atoms in total. The van der Waals surface area contributed by atoms with E-state index >= 15 is 0 Å². The van der Waals surface area contributed by atoms with E-state index in [2.05, 4.69) is 80.1 Å². The number of halogens is 2. The molecule has 3 aliphatic heterocycles. The van der Waals surface area contributed by atoms with Gasteiger partial charge in [-0.25, -0.2) is 13.8 Å². The molecule has 54 heavy (non-hydrogen) atoms. The van der Waals surface area contributed by atoms with Gasteiger partial charge >= 0.3 is 0 Å². The molecule has 6 heterocycles. The molecule has 11 heteroatoms. The van der Waals surface area contributed by atoms with Crippen LogP contribution in [0.4, 0.5) is 20.4 Å². The number of nitrogens with one attached hydrogen (secondary N) is 1. The lowest BCUT2D eigenvalue weighted by Crippen LogP contribution is -2.46. The summed E-state index contributed by atoms with van der Waals surface area (Å²) >= 11 is 0. The van der Waals surface area contributed by atoms with Crippen molar-refractivity contribution >= 4 is 28.4 Å². The topological polar surface area (TPSA) is 70.3 Å². The summed E-state index contributed by atoms with van der Waals surface area (Å²) in [4.78, 5) is 17.0. The second-order valence-electron chi connectivity index (χ2n) is 15.6. The Hall–Kier alpha value is -5.03. The van der Waals surface area contributed by atoms with Gasteiger partial charge in [0.15, 0.2) is 0 Å². The summed E-state index contributed by atoms with van der Waals surface area (Å²) in [5, 5.41) is 8.20. The molecule has 1 N–H and O–H groups in total. The average Bonchev–Trinajstić information content (AvgIpc) is 3.87. The minimum Gasteiger partial charge on any atom is -0.372 e. The largest absolute Gasteiger partial charge is 0.372 e. The van der Waals surface area contributed by atoms with Gasteiger partial charge in [-0.05, 0) is 80.5 Å². The second-order valence-corrected chi connectivity index (χ2v) is 15.6. The third-order valence-electron chi connectivity index (χ3n) is 11.6. The van der Waals surface area contributed by atoms with Gasteiger partial charge in [-0.3, -0.25) is 14.6 Å². The lowest BCUT2D eigenvalue weighted by Gasteiger charge is -2.38. The highest BCUT2D eigenvalue weighted by atomic mass is 19.1. The molecule has 0 spiro atoms. The number of aromatic nitrogens is 5. The third kappa shape index (κ3) is 7.51. The summed E-state index contributed by atoms with van der Waals surface area (Å²) in [5.41, 5.74) is 11.1. The number of imidazole rings is 1. The van der Waals surface area contributed by atoms with Crippen LogP contribution in [0.3, 0.4) is 0 Å². The van der Waals surface area contributed by atoms with Crippen LogP contribution in [0.1, 0.15) is 55.1 Å². The van der Waals surface area contributed by atoms with E-state index in [1.54, 1.807) is 0 Å². The average molecular weight is 732 g/mol. The maximum Gasteiger partial charge on any atom is 0.208 e. The zero-order valence-electron chi connectivity index (χ0n) is 31.8. The van der Waals surface area contributed by atoms with E-state index in [-0.39, 0.29) is 5.92 Å². The van der Waals surface area contributed by atoms with Crippen molar-refractivity contribution in [2.45, 2.75) is 59.0 Å². The molecule has 3 aromatic heterocycles. The normalized spacial score (nSPS) is 20.0. The lowest BCUT2D eigenvalue weighted by atomic mass is 10.0. The van der Waals surface area contributed by atoms with Crippen molar-refractivity contribution in [3.05, 3.63) is 108 Å². The molecule has 3 aliphatic rings. The zero-order chi connectivity index (χ0) is 37.5. The first-order valence-corrected chi connectivity index (χ1v) is 19.4. The summed E-state index contributed by atoms with van der Waals surface area (Å²) in [7, 11) is 2.02. The van der Waals surface area contributed by atoms with Gasteiger partial charge < -0.3 is 19.7 Å². The molecule has 2 atom stereocenters. The van der Waals surface area contributed by atoms with Crippen molar-refractivity contribution in [1.29, 1.82) is 0 Å². The number of rotatable bonds is 5. The molecule has 2 aromatic carbocycles. The second kappa shape index (κ2) is 15.0. The summed E-state index contributed by atoms with van der Waals surface area (Å²) < 4.78 is 32.1. The van der Waals surface area contributed by atoms with Crippen molar-refractivity contribution in [2.75, 3.05) is 49.5 Å². The van der Waals surface area contributed by atoms with Gasteiger partial charge in [0.05, 0.1) is 22.9 Å². The molecule has 2 saturated heterocycles. The highest BCUT2D eigenvalue weighted by Gasteiger charge is 2.30. The van der Waals surface area contributed by atoms with Crippen LogP contribution in [0.25, 0.3) is 28.0 Å². The molecule has 2 bridgehead atoms. The third-order valence-corrected chi connectivity index (χ3v) is 11.6. The van der Waals surface area contributed by atoms with Crippen molar-refractivity contribution < 1.29 is 8.78 Å². The Kier molecular flexibility index (Phi) is 10.00. The van der Waals surface area contributed by atoms with Crippen molar-refractivity contribution in [3.63, 3.8) is 0 Å². The number of hydrogen-bond donors (Lipinski definition) is 1. The zero-order valence-corrected chi connectivity index (χ0v) is 31.8. The SMILES string of the molecule is C=C1Nc2nc3ccc(CN4CCN(C(=C)C5CCN(c6cc(F)cc(F)c6)C5)CC4)cc3n2C[C@H](C)CCCCc2c(cnn2C)-c2cc1cc(C)n2. The smallest absolute Gasteiger partial charge is 0.208 e. The molecule has 0 radical (unpaired) electrons. The standard InChI is InChI=1S/C43H51F2N9/c1-28-8-6-7-9-41-38(24-46-50(41)5)40-20-34(18-29(2)47-40)30(3)48-43-49-39-11-10-32(19-42(39)54(43)25-28)26-51-14-16-52(17-15-51)31(4)33-12-13-53(27-33)37-22-35(44)21-36(45)23-37/h10-11,18-24,28,33H,3-4,6-9,12-17,25-27H2,1-2,5H3,(H,48,49)/t28-,33?/m1/s1. The number of anilines is 2. The van der Waals surface area contributed by atoms with Gasteiger partial charge in [0.1, 0.15) is 11.6 Å². The van der Waals surface area contributed by atoms with Crippen LogP contribution < -0.4 is 10.2 Å². The predicted octanol–water partition coefficient (Wildman–Crippen LogP) is 8.02. The molecule has 0 amide bonds. The molecule has 5 aromatic rings. The van der Waals surface area contributed by atoms with Crippen LogP contribution in [0.5, 0.6) is 0 Å². The fraction of sp³-hybridized carbons (Fsp3) is 0.419. The van der Waals surface area contributed by atoms with E-state index in [9.17, 15) is 8.78 Å². The molecule has 0 saturated carbocycles. The highest BCUT2D eigenvalue weighted by Crippen LogP contribution is 2.33. The maximum atomic E-state index is 13.9. The molecule has 2 fully saturated rings. The number of benzene rings is 2. The van der Waals surface area contributed by atoms with Crippen LogP contribution in [0, 0.1) is 30.4 Å². The number of pyridine rings is 1. The Labute approximate surface area is 317 Å². The maximum absolute atomic E-state index is 13.9. The van der Waals surface area contributed by atoms with E-state index < -0.39 is 11.6 Å². The Morgan fingerprint density at radius 3 is 2.52 bits per heavy atom. The molecule has 0 aliphatic carbocycles. The van der Waals surface area contributed by atoms with Crippen LogP contribution >= 0.6 is 0 Å². The van der Waals surface area contributed by atoms with Crippen LogP contribution in [-0.2, 0) is 26.6 Å². The van der Waals surface area contributed by atoms with E-state index in [1.807, 2.05) is 24.9 Å². The monoisotopic (exact) mass is 731 g/mol. The fourth-order valence-corrected chi connectivity index (χ4v) is 8.59. The predicted molar refractivity (Wildman–Crippen MR) is 213 cm³/mol. The Morgan fingerprint density at radius 1 is 0.926 bits per heavy atom. The van der Waals surface area contributed by atoms with Gasteiger partial charge in [-0.15, -0.1) is 0 Å². The molecule has 1 unspecified atom stereocenters. The number of hydrogen-bond acceptors (Lipinski definition) is 7. The number of aryl methyl sites for hydroxylation is 2. The first kappa shape index (κ1) is 36.0. The van der Waals surface area contributed by atoms with Crippen LogP contribution in [-0.4, -0.2) is 73.4 Å². The molecular formula is C43H51F2N9. The number of nitrogens with zero attached hydrogens (tertiary/aromatic N) is 8. The first-order chi connectivity index (χ1) is 26.1. The molecular weight excluding hydrogens is 681 g/mol. The summed E-state index contributed by atoms with van der Waals surface area (Å²) in [6, 6.07) is 14.7. The van der Waals surface area contributed by atoms with Gasteiger partial charge in [0.2, 0.25) is 5.95 Å². The van der Waals surface area contributed by atoms with Crippen molar-refractivity contribution in [3.8, 4) is 11.3 Å². The minimum atomic E-state index is -0.537. The Morgan fingerprint density at radius 2 is 1.72 bits per heavy atom. The van der Waals surface area contributed by atoms with Crippen LogP contribution in [0.15, 0.2) is 73.6 Å². The summed E-state index contributed by atoms with van der Waals surface area (Å²) in [6.07, 6.45) is 7.19. The first-order valence-electron chi connectivity index (χ1n) is 19.4. The van der Waals surface area contributed by atoms with E-state index in [0.29, 0.717) is 11.6 Å². The molecule has 282 valence electrons. The van der Waals surface area contributed by atoms with E-state index in [1.165, 1.54) is 23.4 Å².